The van der Waals surface area contributed by atoms with Gasteiger partial charge in [0.25, 0.3) is 0 Å². The Kier molecular flexibility index (Phi) is 2.56. The van der Waals surface area contributed by atoms with Crippen molar-refractivity contribution in [3.05, 3.63) is 90.3 Å². The van der Waals surface area contributed by atoms with Gasteiger partial charge in [0.1, 0.15) is 0 Å². The lowest BCUT2D eigenvalue weighted by Crippen LogP contribution is -2.21. The van der Waals surface area contributed by atoms with Crippen LogP contribution in [0.5, 0.6) is 0 Å². The third-order valence-corrected chi connectivity index (χ3v) is 3.92. The maximum Gasteiger partial charge on any atom is 0.0772 e. The van der Waals surface area contributed by atoms with Crippen LogP contribution >= 0.6 is 0 Å². The van der Waals surface area contributed by atoms with E-state index in [1.165, 1.54) is 22.3 Å². The molecular weight excluding hydrogens is 242 g/mol. The van der Waals surface area contributed by atoms with Crippen LogP contribution in [0.25, 0.3) is 17.2 Å². The molecule has 1 unspecified atom stereocenters. The van der Waals surface area contributed by atoms with E-state index < -0.39 is 0 Å². The molecule has 0 saturated heterocycles. The summed E-state index contributed by atoms with van der Waals surface area (Å²) in [4.78, 5) is 2.24. The first-order chi connectivity index (χ1) is 9.92. The fourth-order valence-corrected chi connectivity index (χ4v) is 2.88. The standard InChI is InChI=1S/C19H15N/c1-2-6-15(7-3-1)16-9-10-18-17(14-16)11-13-20-12-5-4-8-19(18)20/h1-14,19H. The molecule has 0 N–H and O–H groups in total. The van der Waals surface area contributed by atoms with E-state index in [9.17, 15) is 0 Å². The van der Waals surface area contributed by atoms with Gasteiger partial charge >= 0.3 is 0 Å². The first-order valence-corrected chi connectivity index (χ1v) is 6.92. The third-order valence-electron chi connectivity index (χ3n) is 3.92. The van der Waals surface area contributed by atoms with E-state index in [2.05, 4.69) is 90.1 Å². The number of benzene rings is 2. The highest BCUT2D eigenvalue weighted by molar-refractivity contribution is 5.70. The molecule has 0 aromatic heterocycles. The maximum absolute atomic E-state index is 2.28. The van der Waals surface area contributed by atoms with Crippen molar-refractivity contribution in [1.29, 1.82) is 0 Å². The van der Waals surface area contributed by atoms with Crippen LogP contribution in [0, 0.1) is 0 Å². The molecule has 2 aliphatic heterocycles. The molecule has 20 heavy (non-hydrogen) atoms. The summed E-state index contributed by atoms with van der Waals surface area (Å²) in [5, 5.41) is 0. The Morgan fingerprint density at radius 1 is 0.800 bits per heavy atom. The summed E-state index contributed by atoms with van der Waals surface area (Å²) in [6, 6.07) is 17.6. The average molecular weight is 257 g/mol. The summed E-state index contributed by atoms with van der Waals surface area (Å²) in [5.74, 6) is 0. The van der Waals surface area contributed by atoms with Gasteiger partial charge in [0.2, 0.25) is 0 Å². The van der Waals surface area contributed by atoms with Crippen molar-refractivity contribution in [2.75, 3.05) is 0 Å². The molecule has 0 aliphatic carbocycles. The lowest BCUT2D eigenvalue weighted by Gasteiger charge is -2.32. The van der Waals surface area contributed by atoms with Gasteiger partial charge in [-0.2, -0.15) is 0 Å². The molecule has 2 aromatic rings. The lowest BCUT2D eigenvalue weighted by atomic mass is 9.91. The first kappa shape index (κ1) is 11.3. The van der Waals surface area contributed by atoms with Crippen LogP contribution in [0.4, 0.5) is 0 Å². The maximum atomic E-state index is 2.28. The minimum atomic E-state index is 0.338. The first-order valence-electron chi connectivity index (χ1n) is 6.92. The van der Waals surface area contributed by atoms with Gasteiger partial charge in [0.05, 0.1) is 6.04 Å². The smallest absolute Gasteiger partial charge is 0.0772 e. The second-order valence-electron chi connectivity index (χ2n) is 5.14. The van der Waals surface area contributed by atoms with Crippen LogP contribution < -0.4 is 0 Å². The second kappa shape index (κ2) is 4.53. The number of nitrogens with zero attached hydrogens (tertiary/aromatic N) is 1. The van der Waals surface area contributed by atoms with Crippen LogP contribution in [0.15, 0.2) is 79.2 Å². The van der Waals surface area contributed by atoms with E-state index in [1.807, 2.05) is 0 Å². The molecule has 2 aliphatic rings. The van der Waals surface area contributed by atoms with E-state index >= 15 is 0 Å². The van der Waals surface area contributed by atoms with Crippen LogP contribution in [-0.4, -0.2) is 4.90 Å². The minimum Gasteiger partial charge on any atom is -0.343 e. The van der Waals surface area contributed by atoms with Gasteiger partial charge in [-0.05, 0) is 40.5 Å². The summed E-state index contributed by atoms with van der Waals surface area (Å²) < 4.78 is 0. The van der Waals surface area contributed by atoms with Crippen molar-refractivity contribution >= 4 is 6.08 Å². The molecule has 0 radical (unpaired) electrons. The quantitative estimate of drug-likeness (QED) is 0.711. The zero-order chi connectivity index (χ0) is 13.4. The number of rotatable bonds is 1. The summed E-state index contributed by atoms with van der Waals surface area (Å²) in [7, 11) is 0. The summed E-state index contributed by atoms with van der Waals surface area (Å²) in [5.41, 5.74) is 5.23. The SMILES string of the molecule is C1=CC2c3ccc(-c4ccccc4)cc3C=CN2C=C1. The Morgan fingerprint density at radius 3 is 2.60 bits per heavy atom. The van der Waals surface area contributed by atoms with E-state index in [0.29, 0.717) is 6.04 Å². The molecule has 4 rings (SSSR count). The Bertz CT molecular complexity index is 723. The number of allylic oxidation sites excluding steroid dienone is 2. The van der Waals surface area contributed by atoms with E-state index in [1.54, 1.807) is 0 Å². The second-order valence-corrected chi connectivity index (χ2v) is 5.14. The Hall–Kier alpha value is -2.54. The van der Waals surface area contributed by atoms with Gasteiger partial charge in [-0.1, -0.05) is 54.6 Å². The molecule has 1 atom stereocenters. The molecule has 1 nitrogen and oxygen atoms in total. The van der Waals surface area contributed by atoms with Crippen molar-refractivity contribution in [3.8, 4) is 11.1 Å². The fraction of sp³-hybridized carbons (Fsp3) is 0.0526. The van der Waals surface area contributed by atoms with E-state index in [0.717, 1.165) is 0 Å². The van der Waals surface area contributed by atoms with Crippen molar-refractivity contribution < 1.29 is 0 Å². The molecule has 0 bridgehead atoms. The van der Waals surface area contributed by atoms with Gasteiger partial charge in [-0.25, -0.2) is 0 Å². The average Bonchev–Trinajstić information content (AvgIpc) is 2.55. The third kappa shape index (κ3) is 1.79. The highest BCUT2D eigenvalue weighted by Crippen LogP contribution is 2.35. The Morgan fingerprint density at radius 2 is 1.70 bits per heavy atom. The predicted molar refractivity (Wildman–Crippen MR) is 83.8 cm³/mol. The van der Waals surface area contributed by atoms with Gasteiger partial charge in [-0.3, -0.25) is 0 Å². The highest BCUT2D eigenvalue weighted by atomic mass is 15.1. The number of hydrogen-bond donors (Lipinski definition) is 0. The molecule has 1 heteroatoms. The number of hydrogen-bond acceptors (Lipinski definition) is 1. The predicted octanol–water partition coefficient (Wildman–Crippen LogP) is 4.76. The zero-order valence-corrected chi connectivity index (χ0v) is 11.1. The molecule has 0 spiro atoms. The van der Waals surface area contributed by atoms with Crippen molar-refractivity contribution in [3.63, 3.8) is 0 Å². The molecule has 0 saturated carbocycles. The topological polar surface area (TPSA) is 3.24 Å². The summed E-state index contributed by atoms with van der Waals surface area (Å²) >= 11 is 0. The molecule has 0 fully saturated rings. The lowest BCUT2D eigenvalue weighted by molar-refractivity contribution is 0.430. The van der Waals surface area contributed by atoms with E-state index in [4.69, 9.17) is 0 Å². The normalized spacial score (nSPS) is 18.8. The van der Waals surface area contributed by atoms with E-state index in [-0.39, 0.29) is 0 Å². The highest BCUT2D eigenvalue weighted by Gasteiger charge is 2.21. The van der Waals surface area contributed by atoms with Crippen molar-refractivity contribution in [1.82, 2.24) is 4.90 Å². The van der Waals surface area contributed by atoms with Gasteiger partial charge in [0.15, 0.2) is 0 Å². The molecule has 96 valence electrons. The minimum absolute atomic E-state index is 0.338. The van der Waals surface area contributed by atoms with Crippen LogP contribution in [0.1, 0.15) is 17.2 Å². The van der Waals surface area contributed by atoms with Crippen LogP contribution in [0.3, 0.4) is 0 Å². The van der Waals surface area contributed by atoms with Gasteiger partial charge in [0, 0.05) is 12.4 Å². The molecule has 2 heterocycles. The summed E-state index contributed by atoms with van der Waals surface area (Å²) in [6.45, 7) is 0. The largest absolute Gasteiger partial charge is 0.343 e. The monoisotopic (exact) mass is 257 g/mol. The Labute approximate surface area is 119 Å². The van der Waals surface area contributed by atoms with Crippen molar-refractivity contribution in [2.45, 2.75) is 6.04 Å². The van der Waals surface area contributed by atoms with Gasteiger partial charge in [-0.15, -0.1) is 0 Å². The Balaban J connectivity index is 1.80. The molecule has 2 aromatic carbocycles. The van der Waals surface area contributed by atoms with Crippen LogP contribution in [-0.2, 0) is 0 Å². The fourth-order valence-electron chi connectivity index (χ4n) is 2.88. The van der Waals surface area contributed by atoms with Crippen molar-refractivity contribution in [2.24, 2.45) is 0 Å². The molecular formula is C19H15N. The molecule has 0 amide bonds. The van der Waals surface area contributed by atoms with Gasteiger partial charge < -0.3 is 4.90 Å². The summed E-state index contributed by atoms with van der Waals surface area (Å²) in [6.07, 6.45) is 12.9. The number of fused-ring (bicyclic) bond motifs is 3. The van der Waals surface area contributed by atoms with Crippen LogP contribution in [0.2, 0.25) is 0 Å². The zero-order valence-electron chi connectivity index (χ0n) is 11.1.